The second-order valence-corrected chi connectivity index (χ2v) is 6.45. The second-order valence-electron chi connectivity index (χ2n) is 6.45. The van der Waals surface area contributed by atoms with Crippen molar-refractivity contribution >= 4 is 0 Å². The molecule has 3 heteroatoms. The number of benzene rings is 1. The Labute approximate surface area is 122 Å². The highest BCUT2D eigenvalue weighted by atomic mass is 16.3. The van der Waals surface area contributed by atoms with E-state index in [1.807, 2.05) is 12.1 Å². The number of nitrogens with zero attached hydrogens (tertiary/aromatic N) is 1. The fraction of sp³-hybridized carbons (Fsp3) is 0.647. The van der Waals surface area contributed by atoms with E-state index >= 15 is 0 Å². The summed E-state index contributed by atoms with van der Waals surface area (Å²) in [4.78, 5) is 2.19. The summed E-state index contributed by atoms with van der Waals surface area (Å²) in [7, 11) is 4.17. The molecule has 1 saturated carbocycles. The number of likely N-dealkylation sites (N-methyl/N-ethyl adjacent to an activating group) is 1. The molecule has 20 heavy (non-hydrogen) atoms. The SMILES string of the molecule is CN(C)CCc1ccc(O)c(C2(CN)CCCCC2)c1. The van der Waals surface area contributed by atoms with Gasteiger partial charge in [0, 0.05) is 24.1 Å². The summed E-state index contributed by atoms with van der Waals surface area (Å²) in [6.45, 7) is 1.66. The van der Waals surface area contributed by atoms with Gasteiger partial charge in [-0.1, -0.05) is 31.4 Å². The Morgan fingerprint density at radius 2 is 1.90 bits per heavy atom. The van der Waals surface area contributed by atoms with E-state index in [1.54, 1.807) is 0 Å². The van der Waals surface area contributed by atoms with Gasteiger partial charge in [0.15, 0.2) is 0 Å². The van der Waals surface area contributed by atoms with Gasteiger partial charge in [-0.25, -0.2) is 0 Å². The lowest BCUT2D eigenvalue weighted by Crippen LogP contribution is -2.37. The van der Waals surface area contributed by atoms with Crippen LogP contribution in [0, 0.1) is 0 Å². The molecule has 0 saturated heterocycles. The average Bonchev–Trinajstić information content (AvgIpc) is 2.47. The Morgan fingerprint density at radius 1 is 1.20 bits per heavy atom. The Bertz CT molecular complexity index is 437. The highest BCUT2D eigenvalue weighted by molar-refractivity contribution is 5.42. The Morgan fingerprint density at radius 3 is 2.50 bits per heavy atom. The Balaban J connectivity index is 2.26. The van der Waals surface area contributed by atoms with Gasteiger partial charge in [0.2, 0.25) is 0 Å². The molecule has 1 aromatic carbocycles. The first-order valence-corrected chi connectivity index (χ1v) is 7.74. The van der Waals surface area contributed by atoms with Crippen LogP contribution in [0.2, 0.25) is 0 Å². The number of aromatic hydroxyl groups is 1. The van der Waals surface area contributed by atoms with Gasteiger partial charge < -0.3 is 15.7 Å². The van der Waals surface area contributed by atoms with E-state index in [0.29, 0.717) is 12.3 Å². The standard InChI is InChI=1S/C17H28N2O/c1-19(2)11-8-14-6-7-16(20)15(12-14)17(13-18)9-4-3-5-10-17/h6-7,12,20H,3-5,8-11,13,18H2,1-2H3. The molecule has 0 radical (unpaired) electrons. The quantitative estimate of drug-likeness (QED) is 0.869. The Hall–Kier alpha value is -1.06. The zero-order valence-electron chi connectivity index (χ0n) is 12.9. The number of phenolic OH excluding ortho intramolecular Hbond substituents is 1. The van der Waals surface area contributed by atoms with Gasteiger partial charge in [-0.15, -0.1) is 0 Å². The number of rotatable bonds is 5. The molecule has 3 N–H and O–H groups in total. The zero-order valence-corrected chi connectivity index (χ0v) is 12.9. The van der Waals surface area contributed by atoms with Crippen LogP contribution in [0.25, 0.3) is 0 Å². The number of phenols is 1. The fourth-order valence-electron chi connectivity index (χ4n) is 3.33. The summed E-state index contributed by atoms with van der Waals surface area (Å²) in [5.41, 5.74) is 8.46. The van der Waals surface area contributed by atoms with Crippen molar-refractivity contribution in [3.8, 4) is 5.75 Å². The van der Waals surface area contributed by atoms with E-state index in [2.05, 4.69) is 25.1 Å². The van der Waals surface area contributed by atoms with Crippen LogP contribution in [0.5, 0.6) is 5.75 Å². The molecule has 112 valence electrons. The Kier molecular flexibility index (Phi) is 5.06. The van der Waals surface area contributed by atoms with Crippen LogP contribution in [-0.2, 0) is 11.8 Å². The molecule has 1 fully saturated rings. The van der Waals surface area contributed by atoms with Crippen LogP contribution < -0.4 is 5.73 Å². The minimum Gasteiger partial charge on any atom is -0.508 e. The van der Waals surface area contributed by atoms with Crippen molar-refractivity contribution in [3.05, 3.63) is 29.3 Å². The van der Waals surface area contributed by atoms with E-state index in [0.717, 1.165) is 31.4 Å². The van der Waals surface area contributed by atoms with E-state index in [9.17, 15) is 5.11 Å². The molecule has 0 atom stereocenters. The van der Waals surface area contributed by atoms with E-state index < -0.39 is 0 Å². The summed E-state index contributed by atoms with van der Waals surface area (Å²) in [5, 5.41) is 10.3. The van der Waals surface area contributed by atoms with Crippen LogP contribution in [0.1, 0.15) is 43.2 Å². The van der Waals surface area contributed by atoms with Crippen molar-refractivity contribution in [1.82, 2.24) is 4.90 Å². The van der Waals surface area contributed by atoms with Crippen LogP contribution >= 0.6 is 0 Å². The predicted molar refractivity (Wildman–Crippen MR) is 84.2 cm³/mol. The zero-order chi connectivity index (χ0) is 14.6. The van der Waals surface area contributed by atoms with Crippen molar-refractivity contribution in [2.24, 2.45) is 5.73 Å². The summed E-state index contributed by atoms with van der Waals surface area (Å²) in [6, 6.07) is 6.08. The van der Waals surface area contributed by atoms with E-state index in [-0.39, 0.29) is 5.41 Å². The van der Waals surface area contributed by atoms with Gasteiger partial charge in [-0.3, -0.25) is 0 Å². The van der Waals surface area contributed by atoms with Crippen LogP contribution in [0.15, 0.2) is 18.2 Å². The van der Waals surface area contributed by atoms with Gasteiger partial charge in [0.25, 0.3) is 0 Å². The lowest BCUT2D eigenvalue weighted by atomic mass is 9.69. The molecular weight excluding hydrogens is 248 g/mol. The molecule has 0 spiro atoms. The van der Waals surface area contributed by atoms with Gasteiger partial charge in [0.05, 0.1) is 0 Å². The lowest BCUT2D eigenvalue weighted by molar-refractivity contribution is 0.290. The maximum absolute atomic E-state index is 10.3. The summed E-state index contributed by atoms with van der Waals surface area (Å²) in [6.07, 6.45) is 6.96. The van der Waals surface area contributed by atoms with Crippen molar-refractivity contribution in [1.29, 1.82) is 0 Å². The highest BCUT2D eigenvalue weighted by Crippen LogP contribution is 2.42. The first-order chi connectivity index (χ1) is 9.57. The van der Waals surface area contributed by atoms with E-state index in [1.165, 1.54) is 24.8 Å². The van der Waals surface area contributed by atoms with Gasteiger partial charge in [0.1, 0.15) is 5.75 Å². The molecule has 1 aliphatic carbocycles. The third-order valence-corrected chi connectivity index (χ3v) is 4.68. The highest BCUT2D eigenvalue weighted by Gasteiger charge is 2.34. The molecule has 0 unspecified atom stereocenters. The molecule has 0 aromatic heterocycles. The molecule has 0 aliphatic heterocycles. The lowest BCUT2D eigenvalue weighted by Gasteiger charge is -2.37. The molecular formula is C17H28N2O. The normalized spacial score (nSPS) is 18.4. The minimum atomic E-state index is -0.00351. The number of hydrogen-bond donors (Lipinski definition) is 2. The first-order valence-electron chi connectivity index (χ1n) is 7.74. The molecule has 0 heterocycles. The molecule has 1 aromatic rings. The largest absolute Gasteiger partial charge is 0.508 e. The average molecular weight is 276 g/mol. The number of hydrogen-bond acceptors (Lipinski definition) is 3. The smallest absolute Gasteiger partial charge is 0.119 e. The summed E-state index contributed by atoms with van der Waals surface area (Å²) in [5.74, 6) is 0.422. The first kappa shape index (κ1) is 15.3. The van der Waals surface area contributed by atoms with Crippen molar-refractivity contribution in [3.63, 3.8) is 0 Å². The predicted octanol–water partition coefficient (Wildman–Crippen LogP) is 2.66. The summed E-state index contributed by atoms with van der Waals surface area (Å²) >= 11 is 0. The van der Waals surface area contributed by atoms with Crippen molar-refractivity contribution in [2.75, 3.05) is 27.2 Å². The molecule has 3 nitrogen and oxygen atoms in total. The van der Waals surface area contributed by atoms with Gasteiger partial charge in [-0.05, 0) is 45.0 Å². The van der Waals surface area contributed by atoms with E-state index in [4.69, 9.17) is 5.73 Å². The third kappa shape index (κ3) is 3.33. The van der Waals surface area contributed by atoms with Crippen molar-refractivity contribution in [2.45, 2.75) is 43.9 Å². The fourth-order valence-corrected chi connectivity index (χ4v) is 3.33. The summed E-state index contributed by atoms with van der Waals surface area (Å²) < 4.78 is 0. The number of nitrogens with two attached hydrogens (primary N) is 1. The second kappa shape index (κ2) is 6.59. The minimum absolute atomic E-state index is 0.00351. The van der Waals surface area contributed by atoms with Crippen LogP contribution in [0.4, 0.5) is 0 Å². The maximum atomic E-state index is 10.3. The monoisotopic (exact) mass is 276 g/mol. The van der Waals surface area contributed by atoms with Gasteiger partial charge in [-0.2, -0.15) is 0 Å². The maximum Gasteiger partial charge on any atom is 0.119 e. The molecule has 0 bridgehead atoms. The molecule has 0 amide bonds. The molecule has 2 rings (SSSR count). The van der Waals surface area contributed by atoms with Crippen molar-refractivity contribution < 1.29 is 5.11 Å². The topological polar surface area (TPSA) is 49.5 Å². The van der Waals surface area contributed by atoms with Crippen LogP contribution in [-0.4, -0.2) is 37.2 Å². The molecule has 1 aliphatic rings. The van der Waals surface area contributed by atoms with Gasteiger partial charge >= 0.3 is 0 Å². The van der Waals surface area contributed by atoms with Crippen LogP contribution in [0.3, 0.4) is 0 Å². The third-order valence-electron chi connectivity index (χ3n) is 4.68.